The molecule has 1 heterocycles. The maximum atomic E-state index is 12.5. The van der Waals surface area contributed by atoms with Crippen LogP contribution in [0.25, 0.3) is 0 Å². The number of likely N-dealkylation sites (N-methyl/N-ethyl adjacent to an activating group) is 1. The molecule has 1 aliphatic rings. The molecule has 1 fully saturated rings. The van der Waals surface area contributed by atoms with E-state index < -0.39 is 18.7 Å². The second kappa shape index (κ2) is 10.4. The molecule has 10 heteroatoms. The lowest BCUT2D eigenvalue weighted by molar-refractivity contribution is -0.153. The number of halogens is 3. The van der Waals surface area contributed by atoms with E-state index in [9.17, 15) is 22.8 Å². The first-order valence-corrected chi connectivity index (χ1v) is 9.99. The highest BCUT2D eigenvalue weighted by molar-refractivity contribution is 5.99. The maximum absolute atomic E-state index is 12.5. The Morgan fingerprint density at radius 2 is 1.69 bits per heavy atom. The van der Waals surface area contributed by atoms with E-state index in [0.29, 0.717) is 18.9 Å². The third-order valence-electron chi connectivity index (χ3n) is 4.76. The Morgan fingerprint density at radius 3 is 2.28 bits per heavy atom. The maximum Gasteiger partial charge on any atom is 0.422 e. The van der Waals surface area contributed by atoms with Gasteiger partial charge in [0.2, 0.25) is 5.91 Å². The minimum absolute atomic E-state index is 0.000188. The SMILES string of the molecule is CN(CC(=O)Nc1ccc(N2CCOCC2)cc1)C(=O)c1ccc(OCC(F)(F)F)cc1. The Balaban J connectivity index is 1.49. The Kier molecular flexibility index (Phi) is 7.57. The quantitative estimate of drug-likeness (QED) is 0.700. The summed E-state index contributed by atoms with van der Waals surface area (Å²) in [5.41, 5.74) is 1.88. The van der Waals surface area contributed by atoms with Gasteiger partial charge in [0.25, 0.3) is 5.91 Å². The fraction of sp³-hybridized carbons (Fsp3) is 0.364. The summed E-state index contributed by atoms with van der Waals surface area (Å²) < 4.78 is 46.6. The molecule has 7 nitrogen and oxygen atoms in total. The van der Waals surface area contributed by atoms with E-state index in [1.165, 1.54) is 36.2 Å². The molecule has 0 saturated carbocycles. The zero-order valence-corrected chi connectivity index (χ0v) is 17.5. The molecule has 0 spiro atoms. The smallest absolute Gasteiger partial charge is 0.422 e. The van der Waals surface area contributed by atoms with Gasteiger partial charge in [0.15, 0.2) is 6.61 Å². The highest BCUT2D eigenvalue weighted by Crippen LogP contribution is 2.20. The number of amides is 2. The summed E-state index contributed by atoms with van der Waals surface area (Å²) in [7, 11) is 1.47. The molecule has 3 rings (SSSR count). The molecule has 2 aromatic carbocycles. The topological polar surface area (TPSA) is 71.1 Å². The van der Waals surface area contributed by atoms with Gasteiger partial charge < -0.3 is 24.6 Å². The lowest BCUT2D eigenvalue weighted by Crippen LogP contribution is -2.36. The molecule has 1 N–H and O–H groups in total. The Bertz CT molecular complexity index is 912. The lowest BCUT2D eigenvalue weighted by Gasteiger charge is -2.28. The third-order valence-corrected chi connectivity index (χ3v) is 4.76. The van der Waals surface area contributed by atoms with Gasteiger partial charge in [0.05, 0.1) is 19.8 Å². The zero-order valence-electron chi connectivity index (χ0n) is 17.5. The molecule has 1 saturated heterocycles. The Hall–Kier alpha value is -3.27. The van der Waals surface area contributed by atoms with Crippen molar-refractivity contribution in [2.45, 2.75) is 6.18 Å². The molecular weight excluding hydrogens is 427 g/mol. The van der Waals surface area contributed by atoms with Crippen LogP contribution in [0.1, 0.15) is 10.4 Å². The number of ether oxygens (including phenoxy) is 2. The molecule has 1 aliphatic heterocycles. The standard InChI is InChI=1S/C22H24F3N3O4/c1-27(21(30)16-2-8-19(9-3-16)32-15-22(23,24)25)14-20(29)26-17-4-6-18(7-5-17)28-10-12-31-13-11-28/h2-9H,10-15H2,1H3,(H,26,29). The number of carbonyl (C=O) groups is 2. The number of rotatable bonds is 7. The van der Waals surface area contributed by atoms with E-state index in [0.717, 1.165) is 18.8 Å². The number of hydrogen-bond donors (Lipinski definition) is 1. The molecule has 0 bridgehead atoms. The van der Waals surface area contributed by atoms with Crippen LogP contribution in [0.4, 0.5) is 24.5 Å². The summed E-state index contributed by atoms with van der Waals surface area (Å²) in [6, 6.07) is 12.7. The van der Waals surface area contributed by atoms with Gasteiger partial charge in [-0.15, -0.1) is 0 Å². The molecule has 32 heavy (non-hydrogen) atoms. The fourth-order valence-electron chi connectivity index (χ4n) is 3.14. The van der Waals surface area contributed by atoms with Gasteiger partial charge in [-0.3, -0.25) is 9.59 Å². The summed E-state index contributed by atoms with van der Waals surface area (Å²) in [5.74, 6) is -0.810. The minimum Gasteiger partial charge on any atom is -0.484 e. The first-order valence-electron chi connectivity index (χ1n) is 9.99. The molecule has 0 radical (unpaired) electrons. The second-order valence-corrected chi connectivity index (χ2v) is 7.28. The summed E-state index contributed by atoms with van der Waals surface area (Å²) in [6.07, 6.45) is -4.44. The first-order chi connectivity index (χ1) is 15.2. The molecule has 0 atom stereocenters. The number of hydrogen-bond acceptors (Lipinski definition) is 5. The van der Waals surface area contributed by atoms with E-state index in [1.807, 2.05) is 12.1 Å². The number of nitrogens with zero attached hydrogens (tertiary/aromatic N) is 2. The van der Waals surface area contributed by atoms with Crippen LogP contribution in [-0.2, 0) is 9.53 Å². The monoisotopic (exact) mass is 451 g/mol. The zero-order chi connectivity index (χ0) is 23.1. The molecule has 0 aliphatic carbocycles. The summed E-state index contributed by atoms with van der Waals surface area (Å²) >= 11 is 0. The number of alkyl halides is 3. The van der Waals surface area contributed by atoms with Crippen molar-refractivity contribution < 1.29 is 32.2 Å². The molecular formula is C22H24F3N3O4. The minimum atomic E-state index is -4.44. The summed E-state index contributed by atoms with van der Waals surface area (Å²) in [5, 5.41) is 2.75. The van der Waals surface area contributed by atoms with Crippen molar-refractivity contribution in [3.05, 3.63) is 54.1 Å². The third kappa shape index (κ3) is 6.88. The molecule has 2 aromatic rings. The number of benzene rings is 2. The van der Waals surface area contributed by atoms with Crippen LogP contribution >= 0.6 is 0 Å². The first kappa shape index (κ1) is 23.4. The molecule has 172 valence electrons. The van der Waals surface area contributed by atoms with E-state index in [-0.39, 0.29) is 23.8 Å². The van der Waals surface area contributed by atoms with Crippen molar-refractivity contribution >= 4 is 23.2 Å². The van der Waals surface area contributed by atoms with Crippen molar-refractivity contribution in [3.8, 4) is 5.75 Å². The van der Waals surface area contributed by atoms with Crippen molar-refractivity contribution in [2.75, 3.05) is 56.7 Å². The van der Waals surface area contributed by atoms with Crippen LogP contribution in [0, 0.1) is 0 Å². The average molecular weight is 451 g/mol. The van der Waals surface area contributed by atoms with Gasteiger partial charge in [0, 0.05) is 37.1 Å². The van der Waals surface area contributed by atoms with Crippen LogP contribution in [0.5, 0.6) is 5.75 Å². The molecule has 2 amide bonds. The predicted molar refractivity (Wildman–Crippen MR) is 113 cm³/mol. The van der Waals surface area contributed by atoms with Crippen LogP contribution in [0.15, 0.2) is 48.5 Å². The Labute approximate surface area is 183 Å². The van der Waals surface area contributed by atoms with Gasteiger partial charge in [-0.05, 0) is 48.5 Å². The van der Waals surface area contributed by atoms with Gasteiger partial charge in [-0.2, -0.15) is 13.2 Å². The largest absolute Gasteiger partial charge is 0.484 e. The number of nitrogens with one attached hydrogen (secondary N) is 1. The van der Waals surface area contributed by atoms with Gasteiger partial charge in [-0.1, -0.05) is 0 Å². The second-order valence-electron chi connectivity index (χ2n) is 7.28. The number of morpholine rings is 1. The number of carbonyl (C=O) groups excluding carboxylic acids is 2. The fourth-order valence-corrected chi connectivity index (χ4v) is 3.14. The summed E-state index contributed by atoms with van der Waals surface area (Å²) in [4.78, 5) is 28.2. The molecule has 0 aromatic heterocycles. The normalized spacial score (nSPS) is 14.1. The van der Waals surface area contributed by atoms with E-state index in [4.69, 9.17) is 4.74 Å². The molecule has 0 unspecified atom stereocenters. The Morgan fingerprint density at radius 1 is 1.06 bits per heavy atom. The van der Waals surface area contributed by atoms with E-state index in [1.54, 1.807) is 12.1 Å². The lowest BCUT2D eigenvalue weighted by atomic mass is 10.2. The van der Waals surface area contributed by atoms with Gasteiger partial charge in [0.1, 0.15) is 5.75 Å². The van der Waals surface area contributed by atoms with E-state index >= 15 is 0 Å². The highest BCUT2D eigenvalue weighted by Gasteiger charge is 2.28. The van der Waals surface area contributed by atoms with Crippen molar-refractivity contribution in [1.29, 1.82) is 0 Å². The van der Waals surface area contributed by atoms with Gasteiger partial charge in [-0.25, -0.2) is 0 Å². The van der Waals surface area contributed by atoms with Crippen molar-refractivity contribution in [1.82, 2.24) is 4.90 Å². The predicted octanol–water partition coefficient (Wildman–Crippen LogP) is 3.18. The van der Waals surface area contributed by atoms with Crippen LogP contribution in [0.3, 0.4) is 0 Å². The summed E-state index contributed by atoms with van der Waals surface area (Å²) in [6.45, 7) is 1.40. The van der Waals surface area contributed by atoms with Crippen molar-refractivity contribution in [3.63, 3.8) is 0 Å². The van der Waals surface area contributed by atoms with Crippen LogP contribution in [0.2, 0.25) is 0 Å². The van der Waals surface area contributed by atoms with Crippen LogP contribution < -0.4 is 15.0 Å². The average Bonchev–Trinajstić information content (AvgIpc) is 2.78. The number of anilines is 2. The highest BCUT2D eigenvalue weighted by atomic mass is 19.4. The van der Waals surface area contributed by atoms with Crippen molar-refractivity contribution in [2.24, 2.45) is 0 Å². The van der Waals surface area contributed by atoms with Gasteiger partial charge >= 0.3 is 6.18 Å². The van der Waals surface area contributed by atoms with Crippen LogP contribution in [-0.4, -0.2) is 69.4 Å². The van der Waals surface area contributed by atoms with E-state index in [2.05, 4.69) is 15.0 Å².